The smallest absolute Gasteiger partial charge is 0.167 e. The zero-order chi connectivity index (χ0) is 43.7. The summed E-state index contributed by atoms with van der Waals surface area (Å²) in [7, 11) is 0. The van der Waals surface area contributed by atoms with E-state index in [1.807, 2.05) is 42.5 Å². The van der Waals surface area contributed by atoms with Gasteiger partial charge in [-0.1, -0.05) is 146 Å². The summed E-state index contributed by atoms with van der Waals surface area (Å²) < 4.78 is 15.7. The molecule has 0 N–H and O–H groups in total. The third-order valence-corrected chi connectivity index (χ3v) is 13.8. The van der Waals surface area contributed by atoms with Crippen LogP contribution >= 0.6 is 0 Å². The molecule has 0 saturated carbocycles. The second kappa shape index (κ2) is 13.7. The minimum Gasteiger partial charge on any atom is -0.456 e. The van der Waals surface area contributed by atoms with Gasteiger partial charge in [-0.3, -0.25) is 0 Å². The molecule has 4 aromatic heterocycles. The SMILES string of the molecule is c1ccc2cc(-c3nc(-c4cc5cc(-n6c7cc8ccccc8cc7c7c8ccccc8ccc76)ccc5c5c4oc4ccccc45)nc(-c4cccc5oc6ccccc6c45)n3)ccc2c1. The largest absolute Gasteiger partial charge is 0.456 e. The molecule has 0 radical (unpaired) electrons. The average Bonchev–Trinajstić information content (AvgIpc) is 4.07. The summed E-state index contributed by atoms with van der Waals surface area (Å²) in [6, 6.07) is 72.8. The highest BCUT2D eigenvalue weighted by Crippen LogP contribution is 2.44. The predicted molar refractivity (Wildman–Crippen MR) is 275 cm³/mol. The Bertz CT molecular complexity index is 4590. The summed E-state index contributed by atoms with van der Waals surface area (Å²) in [6.45, 7) is 0. The van der Waals surface area contributed by atoms with Crippen LogP contribution in [0.15, 0.2) is 215 Å². The van der Waals surface area contributed by atoms with Gasteiger partial charge in [0.1, 0.15) is 22.3 Å². The molecule has 310 valence electrons. The van der Waals surface area contributed by atoms with Crippen LogP contribution in [0.3, 0.4) is 0 Å². The zero-order valence-corrected chi connectivity index (χ0v) is 35.7. The molecule has 0 aliphatic carbocycles. The van der Waals surface area contributed by atoms with Crippen molar-refractivity contribution >= 4 is 109 Å². The van der Waals surface area contributed by atoms with Crippen LogP contribution < -0.4 is 0 Å². The van der Waals surface area contributed by atoms with E-state index in [9.17, 15) is 0 Å². The van der Waals surface area contributed by atoms with Gasteiger partial charge in [-0.05, 0) is 104 Å². The highest BCUT2D eigenvalue weighted by atomic mass is 16.3. The Morgan fingerprint density at radius 2 is 0.925 bits per heavy atom. The molecule has 0 saturated heterocycles. The van der Waals surface area contributed by atoms with Crippen LogP contribution in [0.25, 0.3) is 149 Å². The minimum atomic E-state index is 0.518. The quantitative estimate of drug-likeness (QED) is 0.176. The highest BCUT2D eigenvalue weighted by molar-refractivity contribution is 6.25. The molecule has 6 nitrogen and oxygen atoms in total. The Labute approximate surface area is 381 Å². The Balaban J connectivity index is 1.03. The van der Waals surface area contributed by atoms with Crippen LogP contribution in [0.1, 0.15) is 0 Å². The predicted octanol–water partition coefficient (Wildman–Crippen LogP) is 16.4. The lowest BCUT2D eigenvalue weighted by atomic mass is 9.99. The summed E-state index contributed by atoms with van der Waals surface area (Å²) in [4.78, 5) is 16.1. The Morgan fingerprint density at radius 3 is 1.75 bits per heavy atom. The van der Waals surface area contributed by atoms with Crippen LogP contribution in [0, 0.1) is 0 Å². The fourth-order valence-corrected chi connectivity index (χ4v) is 10.7. The van der Waals surface area contributed by atoms with Crippen molar-refractivity contribution in [2.24, 2.45) is 0 Å². The van der Waals surface area contributed by atoms with Gasteiger partial charge in [0.25, 0.3) is 0 Å². The number of fused-ring (bicyclic) bond motifs is 15. The first kappa shape index (κ1) is 36.2. The first-order chi connectivity index (χ1) is 33.2. The molecular formula is C61H34N4O2. The van der Waals surface area contributed by atoms with Crippen molar-refractivity contribution in [1.29, 1.82) is 0 Å². The van der Waals surface area contributed by atoms with Crippen LogP contribution in [0.2, 0.25) is 0 Å². The van der Waals surface area contributed by atoms with Gasteiger partial charge in [-0.15, -0.1) is 0 Å². The van der Waals surface area contributed by atoms with E-state index >= 15 is 0 Å². The molecule has 4 heterocycles. The third kappa shape index (κ3) is 5.35. The number of furan rings is 2. The maximum atomic E-state index is 6.89. The number of hydrogen-bond donors (Lipinski definition) is 0. The normalized spacial score (nSPS) is 12.2. The van der Waals surface area contributed by atoms with Gasteiger partial charge in [0.15, 0.2) is 17.5 Å². The Hall–Kier alpha value is -9.13. The standard InChI is InChI=1S/C61H34N4O2/c1-2-14-37-30-40(25-24-35(37)12-1)59-62-60(47-20-11-23-54-56(47)45-18-7-9-21-52(45)66-54)64-61(63-59)49-33-41-31-42(27-28-44(41)57-46-19-8-10-22-53(46)67-58(49)57)65-50-29-26-36-13-5-6-17-43(36)55(50)48-32-38-15-3-4-16-39(38)34-51(48)65/h1-34H. The van der Waals surface area contributed by atoms with Crippen LogP contribution in [0.4, 0.5) is 0 Å². The van der Waals surface area contributed by atoms with Gasteiger partial charge in [0.05, 0.1) is 16.6 Å². The number of nitrogens with zero attached hydrogens (tertiary/aromatic N) is 4. The maximum absolute atomic E-state index is 6.89. The molecule has 0 aliphatic heterocycles. The molecule has 0 fully saturated rings. The van der Waals surface area contributed by atoms with Gasteiger partial charge in [0.2, 0.25) is 0 Å². The molecule has 0 spiro atoms. The summed E-state index contributed by atoms with van der Waals surface area (Å²) in [5.41, 5.74) is 9.02. The molecule has 0 aliphatic rings. The van der Waals surface area contributed by atoms with E-state index in [4.69, 9.17) is 23.8 Å². The van der Waals surface area contributed by atoms with Gasteiger partial charge >= 0.3 is 0 Å². The number of para-hydroxylation sites is 2. The summed E-state index contributed by atoms with van der Waals surface area (Å²) >= 11 is 0. The lowest BCUT2D eigenvalue weighted by Gasteiger charge is -2.13. The van der Waals surface area contributed by atoms with Crippen LogP contribution in [-0.2, 0) is 0 Å². The first-order valence-electron chi connectivity index (χ1n) is 22.6. The lowest BCUT2D eigenvalue weighted by molar-refractivity contribution is 0.668. The number of aromatic nitrogens is 4. The van der Waals surface area contributed by atoms with Crippen LogP contribution in [-0.4, -0.2) is 19.5 Å². The zero-order valence-electron chi connectivity index (χ0n) is 35.7. The molecule has 0 bridgehead atoms. The molecule has 11 aromatic carbocycles. The monoisotopic (exact) mass is 854 g/mol. The van der Waals surface area contributed by atoms with E-state index in [2.05, 4.69) is 168 Å². The van der Waals surface area contributed by atoms with E-state index < -0.39 is 0 Å². The van der Waals surface area contributed by atoms with Crippen molar-refractivity contribution in [2.45, 2.75) is 0 Å². The van der Waals surface area contributed by atoms with E-state index in [1.165, 1.54) is 32.3 Å². The maximum Gasteiger partial charge on any atom is 0.167 e. The molecule has 0 atom stereocenters. The fraction of sp³-hybridized carbons (Fsp3) is 0. The molecule has 67 heavy (non-hydrogen) atoms. The molecular weight excluding hydrogens is 821 g/mol. The third-order valence-electron chi connectivity index (χ3n) is 13.8. The minimum absolute atomic E-state index is 0.518. The summed E-state index contributed by atoms with van der Waals surface area (Å²) in [5.74, 6) is 1.63. The van der Waals surface area contributed by atoms with E-state index in [-0.39, 0.29) is 0 Å². The first-order valence-corrected chi connectivity index (χ1v) is 22.6. The number of benzene rings is 11. The Kier molecular flexibility index (Phi) is 7.40. The molecule has 6 heteroatoms. The van der Waals surface area contributed by atoms with Crippen molar-refractivity contribution in [1.82, 2.24) is 19.5 Å². The van der Waals surface area contributed by atoms with Gasteiger partial charge in [-0.2, -0.15) is 0 Å². The van der Waals surface area contributed by atoms with E-state index in [1.54, 1.807) is 0 Å². The Morgan fingerprint density at radius 1 is 0.313 bits per heavy atom. The lowest BCUT2D eigenvalue weighted by Crippen LogP contribution is -2.01. The molecule has 15 rings (SSSR count). The molecule has 15 aromatic rings. The van der Waals surface area contributed by atoms with Gasteiger partial charge in [0, 0.05) is 49.1 Å². The van der Waals surface area contributed by atoms with Crippen LogP contribution in [0.5, 0.6) is 0 Å². The van der Waals surface area contributed by atoms with Crippen molar-refractivity contribution in [3.63, 3.8) is 0 Å². The van der Waals surface area contributed by atoms with Gasteiger partial charge < -0.3 is 13.4 Å². The van der Waals surface area contributed by atoms with E-state index in [0.717, 1.165) is 98.8 Å². The topological polar surface area (TPSA) is 69.9 Å². The second-order valence-corrected chi connectivity index (χ2v) is 17.5. The van der Waals surface area contributed by atoms with E-state index in [0.29, 0.717) is 17.5 Å². The summed E-state index contributed by atoms with van der Waals surface area (Å²) in [5, 5.41) is 15.7. The molecule has 0 unspecified atom stereocenters. The van der Waals surface area contributed by atoms with Crippen molar-refractivity contribution in [2.75, 3.05) is 0 Å². The van der Waals surface area contributed by atoms with Crippen molar-refractivity contribution in [3.05, 3.63) is 206 Å². The average molecular weight is 855 g/mol. The van der Waals surface area contributed by atoms with Crippen molar-refractivity contribution in [3.8, 4) is 39.9 Å². The second-order valence-electron chi connectivity index (χ2n) is 17.5. The fourth-order valence-electron chi connectivity index (χ4n) is 10.7. The molecule has 0 amide bonds. The number of rotatable bonds is 4. The van der Waals surface area contributed by atoms with Gasteiger partial charge in [-0.25, -0.2) is 15.0 Å². The van der Waals surface area contributed by atoms with Crippen molar-refractivity contribution < 1.29 is 8.83 Å². The number of hydrogen-bond acceptors (Lipinski definition) is 5. The highest BCUT2D eigenvalue weighted by Gasteiger charge is 2.23. The summed E-state index contributed by atoms with van der Waals surface area (Å²) in [6.07, 6.45) is 0.